The highest BCUT2D eigenvalue weighted by Crippen LogP contribution is 2.57. The minimum atomic E-state index is 0.0508. The lowest BCUT2D eigenvalue weighted by molar-refractivity contribution is -0.146. The Morgan fingerprint density at radius 2 is 2.12 bits per heavy atom. The molecule has 2 heteroatoms. The zero-order valence-corrected chi connectivity index (χ0v) is 11.2. The van der Waals surface area contributed by atoms with Crippen molar-refractivity contribution in [3.8, 4) is 0 Å². The SMILES string of the molecule is C[C@H]1CCC[C@]2(C)C[C@H]3OC(=O)[C@H](C)[C@H]3C[C@@H]12. The van der Waals surface area contributed by atoms with E-state index in [4.69, 9.17) is 4.74 Å². The third kappa shape index (κ3) is 1.63. The zero-order chi connectivity index (χ0) is 12.2. The van der Waals surface area contributed by atoms with Gasteiger partial charge in [-0.1, -0.05) is 33.6 Å². The van der Waals surface area contributed by atoms with Crippen LogP contribution in [-0.2, 0) is 9.53 Å². The van der Waals surface area contributed by atoms with Crippen LogP contribution in [0.5, 0.6) is 0 Å². The molecule has 1 aliphatic heterocycles. The van der Waals surface area contributed by atoms with E-state index >= 15 is 0 Å². The molecule has 0 aromatic carbocycles. The summed E-state index contributed by atoms with van der Waals surface area (Å²) in [5.74, 6) is 2.33. The fraction of sp³-hybridized carbons (Fsp3) is 0.933. The van der Waals surface area contributed by atoms with Crippen molar-refractivity contribution < 1.29 is 9.53 Å². The molecule has 17 heavy (non-hydrogen) atoms. The maximum absolute atomic E-state index is 11.7. The first kappa shape index (κ1) is 11.6. The van der Waals surface area contributed by atoms with Crippen LogP contribution in [0.4, 0.5) is 0 Å². The van der Waals surface area contributed by atoms with Crippen molar-refractivity contribution in [3.05, 3.63) is 0 Å². The smallest absolute Gasteiger partial charge is 0.309 e. The Morgan fingerprint density at radius 3 is 2.88 bits per heavy atom. The van der Waals surface area contributed by atoms with Crippen LogP contribution in [0.2, 0.25) is 0 Å². The molecule has 96 valence electrons. The van der Waals surface area contributed by atoms with Gasteiger partial charge in [-0.25, -0.2) is 0 Å². The van der Waals surface area contributed by atoms with Gasteiger partial charge in [0.15, 0.2) is 0 Å². The second-order valence-electron chi connectivity index (χ2n) is 7.00. The molecule has 2 saturated carbocycles. The van der Waals surface area contributed by atoms with Crippen LogP contribution in [0.3, 0.4) is 0 Å². The lowest BCUT2D eigenvalue weighted by atomic mass is 9.54. The monoisotopic (exact) mass is 236 g/mol. The topological polar surface area (TPSA) is 26.3 Å². The molecule has 0 spiro atoms. The van der Waals surface area contributed by atoms with Crippen LogP contribution in [0.15, 0.2) is 0 Å². The molecule has 0 unspecified atom stereocenters. The fourth-order valence-electron chi connectivity index (χ4n) is 4.81. The molecule has 6 atom stereocenters. The van der Waals surface area contributed by atoms with Crippen molar-refractivity contribution in [1.29, 1.82) is 0 Å². The minimum Gasteiger partial charge on any atom is -0.462 e. The highest BCUT2D eigenvalue weighted by atomic mass is 16.6. The Bertz CT molecular complexity index is 338. The Hall–Kier alpha value is -0.530. The average molecular weight is 236 g/mol. The maximum atomic E-state index is 11.7. The molecular weight excluding hydrogens is 212 g/mol. The molecule has 1 heterocycles. The van der Waals surface area contributed by atoms with Crippen molar-refractivity contribution in [2.45, 2.75) is 59.0 Å². The van der Waals surface area contributed by atoms with Crippen molar-refractivity contribution in [2.75, 3.05) is 0 Å². The zero-order valence-electron chi connectivity index (χ0n) is 11.2. The fourth-order valence-corrected chi connectivity index (χ4v) is 4.81. The normalized spacial score (nSPS) is 53.8. The summed E-state index contributed by atoms with van der Waals surface area (Å²) < 4.78 is 5.59. The van der Waals surface area contributed by atoms with E-state index in [1.165, 1.54) is 25.7 Å². The van der Waals surface area contributed by atoms with E-state index < -0.39 is 0 Å². The summed E-state index contributed by atoms with van der Waals surface area (Å²) in [5.41, 5.74) is 0.434. The maximum Gasteiger partial charge on any atom is 0.309 e. The Labute approximate surface area is 104 Å². The molecule has 3 rings (SSSR count). The van der Waals surface area contributed by atoms with Gasteiger partial charge < -0.3 is 4.74 Å². The third-order valence-electron chi connectivity index (χ3n) is 5.94. The van der Waals surface area contributed by atoms with E-state index in [9.17, 15) is 4.79 Å². The number of esters is 1. The summed E-state index contributed by atoms with van der Waals surface area (Å²) in [6, 6.07) is 0. The Kier molecular flexibility index (Phi) is 2.53. The quantitative estimate of drug-likeness (QED) is 0.603. The highest BCUT2D eigenvalue weighted by Gasteiger charge is 2.54. The van der Waals surface area contributed by atoms with Crippen molar-refractivity contribution in [2.24, 2.45) is 29.1 Å². The number of ether oxygens (including phenoxy) is 1. The lowest BCUT2D eigenvalue weighted by Crippen LogP contribution is -2.46. The molecule has 2 aliphatic carbocycles. The van der Waals surface area contributed by atoms with Gasteiger partial charge in [0, 0.05) is 5.92 Å². The van der Waals surface area contributed by atoms with E-state index in [0.29, 0.717) is 11.3 Å². The van der Waals surface area contributed by atoms with Crippen molar-refractivity contribution in [3.63, 3.8) is 0 Å². The van der Waals surface area contributed by atoms with E-state index in [-0.39, 0.29) is 18.0 Å². The predicted molar refractivity (Wildman–Crippen MR) is 66.4 cm³/mol. The van der Waals surface area contributed by atoms with Crippen LogP contribution >= 0.6 is 0 Å². The first-order valence-corrected chi connectivity index (χ1v) is 7.22. The third-order valence-corrected chi connectivity index (χ3v) is 5.94. The van der Waals surface area contributed by atoms with Crippen LogP contribution in [-0.4, -0.2) is 12.1 Å². The summed E-state index contributed by atoms with van der Waals surface area (Å²) in [4.78, 5) is 11.7. The Balaban J connectivity index is 1.86. The number of carbonyl (C=O) groups excluding carboxylic acids is 1. The van der Waals surface area contributed by atoms with Crippen molar-refractivity contribution in [1.82, 2.24) is 0 Å². The molecule has 0 aromatic rings. The molecule has 0 bridgehead atoms. The Morgan fingerprint density at radius 1 is 1.35 bits per heavy atom. The van der Waals surface area contributed by atoms with Gasteiger partial charge >= 0.3 is 5.97 Å². The molecule has 1 saturated heterocycles. The lowest BCUT2D eigenvalue weighted by Gasteiger charge is -2.51. The largest absolute Gasteiger partial charge is 0.462 e. The second-order valence-corrected chi connectivity index (χ2v) is 7.00. The number of hydrogen-bond acceptors (Lipinski definition) is 2. The van der Waals surface area contributed by atoms with E-state index in [2.05, 4.69) is 20.8 Å². The average Bonchev–Trinajstić information content (AvgIpc) is 2.52. The first-order chi connectivity index (χ1) is 8.01. The number of carbonyl (C=O) groups is 1. The van der Waals surface area contributed by atoms with Gasteiger partial charge in [0.2, 0.25) is 0 Å². The van der Waals surface area contributed by atoms with Gasteiger partial charge in [-0.2, -0.15) is 0 Å². The second kappa shape index (κ2) is 3.73. The van der Waals surface area contributed by atoms with Gasteiger partial charge in [0.1, 0.15) is 6.10 Å². The van der Waals surface area contributed by atoms with Gasteiger partial charge in [-0.15, -0.1) is 0 Å². The van der Waals surface area contributed by atoms with Gasteiger partial charge in [-0.05, 0) is 36.5 Å². The molecular formula is C15H24O2. The summed E-state index contributed by atoms with van der Waals surface area (Å²) in [5, 5.41) is 0. The molecule has 3 fully saturated rings. The summed E-state index contributed by atoms with van der Waals surface area (Å²) in [6.45, 7) is 6.90. The summed E-state index contributed by atoms with van der Waals surface area (Å²) in [7, 11) is 0. The molecule has 3 aliphatic rings. The van der Waals surface area contributed by atoms with Crippen LogP contribution < -0.4 is 0 Å². The number of hydrogen-bond donors (Lipinski definition) is 0. The molecule has 0 amide bonds. The van der Waals surface area contributed by atoms with E-state index in [0.717, 1.165) is 18.3 Å². The summed E-state index contributed by atoms with van der Waals surface area (Å²) >= 11 is 0. The predicted octanol–water partition coefficient (Wildman–Crippen LogP) is 3.40. The number of rotatable bonds is 0. The highest BCUT2D eigenvalue weighted by molar-refractivity contribution is 5.74. The van der Waals surface area contributed by atoms with E-state index in [1.54, 1.807) is 0 Å². The van der Waals surface area contributed by atoms with Crippen LogP contribution in [0.1, 0.15) is 52.9 Å². The van der Waals surface area contributed by atoms with E-state index in [1.807, 2.05) is 0 Å². The molecule has 0 aromatic heterocycles. The van der Waals surface area contributed by atoms with Gasteiger partial charge in [0.05, 0.1) is 5.92 Å². The van der Waals surface area contributed by atoms with Crippen LogP contribution in [0, 0.1) is 29.1 Å². The first-order valence-electron chi connectivity index (χ1n) is 7.22. The summed E-state index contributed by atoms with van der Waals surface area (Å²) in [6.07, 6.45) is 6.62. The van der Waals surface area contributed by atoms with Gasteiger partial charge in [0.25, 0.3) is 0 Å². The standard InChI is InChI=1S/C15H24O2/c1-9-5-4-6-15(3)8-13-11(7-12(9)15)10(2)14(16)17-13/h9-13H,4-8H2,1-3H3/t9-,10+,11+,12-,13+,15+/m0/s1. The minimum absolute atomic E-state index is 0.0508. The number of fused-ring (bicyclic) bond motifs is 2. The van der Waals surface area contributed by atoms with Gasteiger partial charge in [-0.3, -0.25) is 4.79 Å². The molecule has 2 nitrogen and oxygen atoms in total. The molecule has 0 radical (unpaired) electrons. The molecule has 0 N–H and O–H groups in total. The van der Waals surface area contributed by atoms with Crippen LogP contribution in [0.25, 0.3) is 0 Å². The van der Waals surface area contributed by atoms with Crippen molar-refractivity contribution >= 4 is 5.97 Å².